The van der Waals surface area contributed by atoms with Gasteiger partial charge in [0.05, 0.1) is 0 Å². The van der Waals surface area contributed by atoms with E-state index in [2.05, 4.69) is 15.4 Å². The second-order valence-corrected chi connectivity index (χ2v) is 5.09. The number of nitrogens with one attached hydrogen (secondary N) is 1. The van der Waals surface area contributed by atoms with Crippen molar-refractivity contribution >= 4 is 11.7 Å². The van der Waals surface area contributed by atoms with Crippen LogP contribution in [0.25, 0.3) is 0 Å². The van der Waals surface area contributed by atoms with E-state index in [0.717, 1.165) is 12.3 Å². The monoisotopic (exact) mass is 303 g/mol. The third-order valence-corrected chi connectivity index (χ3v) is 3.10. The molecule has 0 aliphatic carbocycles. The molecule has 0 saturated heterocycles. The maximum absolute atomic E-state index is 11.8. The van der Waals surface area contributed by atoms with E-state index < -0.39 is 0 Å². The Balaban J connectivity index is 1.60. The van der Waals surface area contributed by atoms with Crippen molar-refractivity contribution in [2.75, 3.05) is 32.1 Å². The molecule has 1 aromatic heterocycles. The first-order chi connectivity index (χ1) is 10.6. The predicted molar refractivity (Wildman–Crippen MR) is 83.9 cm³/mol. The minimum Gasteiger partial charge on any atom is -0.492 e. The average molecular weight is 303 g/mol. The fourth-order valence-corrected chi connectivity index (χ4v) is 1.87. The number of rotatable bonds is 8. The number of nitrogens with zero attached hydrogens (tertiary/aromatic N) is 2. The Bertz CT molecular complexity index is 583. The quantitative estimate of drug-likeness (QED) is 0.810. The van der Waals surface area contributed by atoms with Crippen LogP contribution in [-0.2, 0) is 4.79 Å². The summed E-state index contributed by atoms with van der Waals surface area (Å²) in [6.07, 6.45) is 0.397. The number of aromatic nitrogens is 1. The summed E-state index contributed by atoms with van der Waals surface area (Å²) >= 11 is 0. The van der Waals surface area contributed by atoms with Crippen LogP contribution in [0.2, 0.25) is 0 Å². The molecule has 0 unspecified atom stereocenters. The lowest BCUT2D eigenvalue weighted by Crippen LogP contribution is -2.28. The molecule has 0 bridgehead atoms. The molecule has 118 valence electrons. The van der Waals surface area contributed by atoms with Crippen molar-refractivity contribution in [2.45, 2.75) is 13.3 Å². The highest BCUT2D eigenvalue weighted by Gasteiger charge is 2.07. The van der Waals surface area contributed by atoms with Crippen LogP contribution in [0.15, 0.2) is 40.9 Å². The Kier molecular flexibility index (Phi) is 5.97. The molecule has 6 nitrogen and oxygen atoms in total. The molecular weight excluding hydrogens is 282 g/mol. The molecule has 1 aromatic carbocycles. The smallest absolute Gasteiger partial charge is 0.226 e. The Morgan fingerprint density at radius 2 is 2.09 bits per heavy atom. The van der Waals surface area contributed by atoms with E-state index in [4.69, 9.17) is 9.26 Å². The summed E-state index contributed by atoms with van der Waals surface area (Å²) in [4.78, 5) is 13.8. The topological polar surface area (TPSA) is 67.6 Å². The first-order valence-electron chi connectivity index (χ1n) is 7.23. The van der Waals surface area contributed by atoms with Crippen LogP contribution in [-0.4, -0.2) is 42.7 Å². The lowest BCUT2D eigenvalue weighted by atomic mass is 10.3. The van der Waals surface area contributed by atoms with Gasteiger partial charge in [-0.05, 0) is 26.1 Å². The summed E-state index contributed by atoms with van der Waals surface area (Å²) in [6, 6.07) is 11.4. The first-order valence-corrected chi connectivity index (χ1v) is 7.23. The molecule has 1 amide bonds. The Morgan fingerprint density at radius 3 is 2.77 bits per heavy atom. The maximum atomic E-state index is 11.8. The van der Waals surface area contributed by atoms with E-state index in [1.807, 2.05) is 37.4 Å². The van der Waals surface area contributed by atoms with Crippen LogP contribution in [0, 0.1) is 6.92 Å². The second-order valence-electron chi connectivity index (χ2n) is 5.09. The van der Waals surface area contributed by atoms with Gasteiger partial charge in [-0.3, -0.25) is 4.79 Å². The van der Waals surface area contributed by atoms with Gasteiger partial charge in [0.25, 0.3) is 0 Å². The third-order valence-electron chi connectivity index (χ3n) is 3.10. The first kappa shape index (κ1) is 16.0. The van der Waals surface area contributed by atoms with E-state index >= 15 is 0 Å². The van der Waals surface area contributed by atoms with Gasteiger partial charge < -0.3 is 19.5 Å². The third kappa shape index (κ3) is 5.57. The minimum absolute atomic E-state index is 0.0795. The SMILES string of the molecule is Cc1cc(NC(=O)CCN(C)CCOc2ccccc2)no1. The number of benzene rings is 1. The summed E-state index contributed by atoms with van der Waals surface area (Å²) in [5, 5.41) is 6.42. The molecule has 1 N–H and O–H groups in total. The van der Waals surface area contributed by atoms with Gasteiger partial charge in [-0.2, -0.15) is 0 Å². The van der Waals surface area contributed by atoms with E-state index in [-0.39, 0.29) is 5.91 Å². The normalized spacial score (nSPS) is 10.7. The Hall–Kier alpha value is -2.34. The largest absolute Gasteiger partial charge is 0.492 e. The summed E-state index contributed by atoms with van der Waals surface area (Å²) < 4.78 is 10.5. The predicted octanol–water partition coefficient (Wildman–Crippen LogP) is 2.32. The van der Waals surface area contributed by atoms with Gasteiger partial charge in [-0.15, -0.1) is 0 Å². The number of likely N-dealkylation sites (N-methyl/N-ethyl adjacent to an activating group) is 1. The molecule has 2 aromatic rings. The van der Waals surface area contributed by atoms with Crippen LogP contribution < -0.4 is 10.1 Å². The number of para-hydroxylation sites is 1. The van der Waals surface area contributed by atoms with Crippen molar-refractivity contribution in [1.82, 2.24) is 10.1 Å². The number of hydrogen-bond acceptors (Lipinski definition) is 5. The van der Waals surface area contributed by atoms with E-state index in [1.165, 1.54) is 0 Å². The zero-order chi connectivity index (χ0) is 15.8. The highest BCUT2D eigenvalue weighted by molar-refractivity contribution is 5.89. The highest BCUT2D eigenvalue weighted by atomic mass is 16.5. The molecule has 0 atom stereocenters. The minimum atomic E-state index is -0.0795. The van der Waals surface area contributed by atoms with Crippen molar-refractivity contribution in [3.8, 4) is 5.75 Å². The number of ether oxygens (including phenoxy) is 1. The summed E-state index contributed by atoms with van der Waals surface area (Å²) in [5.41, 5.74) is 0. The van der Waals surface area contributed by atoms with Gasteiger partial charge in [0.1, 0.15) is 18.1 Å². The average Bonchev–Trinajstić information content (AvgIpc) is 2.91. The molecule has 2 rings (SSSR count). The van der Waals surface area contributed by atoms with E-state index in [0.29, 0.717) is 31.2 Å². The van der Waals surface area contributed by atoms with Gasteiger partial charge in [0.2, 0.25) is 5.91 Å². The molecule has 0 aliphatic rings. The number of aryl methyl sites for hydroxylation is 1. The molecule has 0 fully saturated rings. The van der Waals surface area contributed by atoms with Crippen molar-refractivity contribution in [1.29, 1.82) is 0 Å². The standard InChI is InChI=1S/C16H21N3O3/c1-13-12-15(18-22-13)17-16(20)8-9-19(2)10-11-21-14-6-4-3-5-7-14/h3-7,12H,8-11H2,1-2H3,(H,17,18,20). The Morgan fingerprint density at radius 1 is 1.32 bits per heavy atom. The Labute approximate surface area is 130 Å². The van der Waals surface area contributed by atoms with Crippen molar-refractivity contribution in [3.05, 3.63) is 42.2 Å². The molecular formula is C16H21N3O3. The van der Waals surface area contributed by atoms with Crippen LogP contribution in [0.1, 0.15) is 12.2 Å². The number of carbonyl (C=O) groups excluding carboxylic acids is 1. The molecule has 0 saturated carbocycles. The molecule has 1 heterocycles. The lowest BCUT2D eigenvalue weighted by molar-refractivity contribution is -0.116. The van der Waals surface area contributed by atoms with E-state index in [9.17, 15) is 4.79 Å². The van der Waals surface area contributed by atoms with Crippen LogP contribution in [0.3, 0.4) is 0 Å². The van der Waals surface area contributed by atoms with Crippen LogP contribution in [0.4, 0.5) is 5.82 Å². The molecule has 6 heteroatoms. The summed E-state index contributed by atoms with van der Waals surface area (Å²) in [7, 11) is 1.96. The summed E-state index contributed by atoms with van der Waals surface area (Å²) in [6.45, 7) is 3.78. The number of hydrogen-bond donors (Lipinski definition) is 1. The molecule has 0 radical (unpaired) electrons. The van der Waals surface area contributed by atoms with Gasteiger partial charge >= 0.3 is 0 Å². The fourth-order valence-electron chi connectivity index (χ4n) is 1.87. The molecule has 0 spiro atoms. The van der Waals surface area contributed by atoms with Crippen molar-refractivity contribution in [3.63, 3.8) is 0 Å². The molecule has 0 aliphatic heterocycles. The van der Waals surface area contributed by atoms with Crippen LogP contribution in [0.5, 0.6) is 5.75 Å². The van der Waals surface area contributed by atoms with Crippen molar-refractivity contribution in [2.24, 2.45) is 0 Å². The van der Waals surface area contributed by atoms with E-state index in [1.54, 1.807) is 13.0 Å². The number of amides is 1. The van der Waals surface area contributed by atoms with Gasteiger partial charge in [0.15, 0.2) is 5.82 Å². The second kappa shape index (κ2) is 8.19. The maximum Gasteiger partial charge on any atom is 0.226 e. The number of carbonyl (C=O) groups is 1. The van der Waals surface area contributed by atoms with Gasteiger partial charge in [-0.25, -0.2) is 0 Å². The molecule has 22 heavy (non-hydrogen) atoms. The zero-order valence-corrected chi connectivity index (χ0v) is 12.9. The van der Waals surface area contributed by atoms with Gasteiger partial charge in [0, 0.05) is 25.6 Å². The van der Waals surface area contributed by atoms with Gasteiger partial charge in [-0.1, -0.05) is 23.4 Å². The summed E-state index contributed by atoms with van der Waals surface area (Å²) in [5.74, 6) is 1.90. The van der Waals surface area contributed by atoms with Crippen LogP contribution >= 0.6 is 0 Å². The lowest BCUT2D eigenvalue weighted by Gasteiger charge is -2.16. The fraction of sp³-hybridized carbons (Fsp3) is 0.375. The number of anilines is 1. The zero-order valence-electron chi connectivity index (χ0n) is 12.9. The highest BCUT2D eigenvalue weighted by Crippen LogP contribution is 2.08. The van der Waals surface area contributed by atoms with Crippen molar-refractivity contribution < 1.29 is 14.1 Å².